The van der Waals surface area contributed by atoms with Gasteiger partial charge in [0.05, 0.1) is 13.2 Å². The molecule has 1 aromatic heterocycles. The van der Waals surface area contributed by atoms with Crippen LogP contribution in [0.5, 0.6) is 0 Å². The standard InChI is InChI=1S/C12H17NOS/c1-10-4-6-15-12(10)8-13-7-11-3-2-5-14-9-11/h3-4,6,13H,2,5,7-9H2,1H3. The molecule has 0 fully saturated rings. The maximum atomic E-state index is 5.39. The fourth-order valence-electron chi connectivity index (χ4n) is 1.65. The van der Waals surface area contributed by atoms with Gasteiger partial charge in [0.2, 0.25) is 0 Å². The van der Waals surface area contributed by atoms with Crippen molar-refractivity contribution in [3.05, 3.63) is 33.5 Å². The summed E-state index contributed by atoms with van der Waals surface area (Å²) in [6, 6.07) is 2.17. The highest BCUT2D eigenvalue weighted by Crippen LogP contribution is 2.15. The van der Waals surface area contributed by atoms with Crippen LogP contribution >= 0.6 is 11.3 Å². The van der Waals surface area contributed by atoms with Crippen molar-refractivity contribution in [2.24, 2.45) is 0 Å². The first-order valence-corrected chi connectivity index (χ1v) is 6.23. The predicted molar refractivity (Wildman–Crippen MR) is 64.3 cm³/mol. The van der Waals surface area contributed by atoms with Crippen molar-refractivity contribution >= 4 is 11.3 Å². The summed E-state index contributed by atoms with van der Waals surface area (Å²) in [6.07, 6.45) is 3.35. The molecule has 2 heterocycles. The number of aryl methyl sites for hydroxylation is 1. The molecule has 2 rings (SSSR count). The molecule has 0 aliphatic carbocycles. The third-order valence-corrected chi connectivity index (χ3v) is 3.61. The maximum absolute atomic E-state index is 5.39. The molecule has 0 saturated carbocycles. The molecule has 1 aliphatic rings. The molecule has 0 aromatic carbocycles. The molecular formula is C12H17NOS. The number of hydrogen-bond donors (Lipinski definition) is 1. The van der Waals surface area contributed by atoms with E-state index in [2.05, 4.69) is 29.8 Å². The van der Waals surface area contributed by atoms with Crippen LogP contribution in [0.4, 0.5) is 0 Å². The van der Waals surface area contributed by atoms with Crippen LogP contribution in [-0.2, 0) is 11.3 Å². The molecule has 0 spiro atoms. The first-order valence-electron chi connectivity index (χ1n) is 5.35. The summed E-state index contributed by atoms with van der Waals surface area (Å²) in [5, 5.41) is 5.61. The average molecular weight is 223 g/mol. The Morgan fingerprint density at radius 2 is 2.40 bits per heavy atom. The third kappa shape index (κ3) is 3.16. The van der Waals surface area contributed by atoms with E-state index in [9.17, 15) is 0 Å². The van der Waals surface area contributed by atoms with Gasteiger partial charge in [-0.05, 0) is 35.9 Å². The summed E-state index contributed by atoms with van der Waals surface area (Å²) in [5.41, 5.74) is 2.77. The molecular weight excluding hydrogens is 206 g/mol. The Morgan fingerprint density at radius 1 is 1.47 bits per heavy atom. The van der Waals surface area contributed by atoms with Crippen LogP contribution in [0.25, 0.3) is 0 Å². The van der Waals surface area contributed by atoms with Gasteiger partial charge in [-0.2, -0.15) is 0 Å². The van der Waals surface area contributed by atoms with E-state index in [4.69, 9.17) is 4.74 Å². The first-order chi connectivity index (χ1) is 7.36. The molecule has 2 nitrogen and oxygen atoms in total. The monoisotopic (exact) mass is 223 g/mol. The van der Waals surface area contributed by atoms with Gasteiger partial charge in [0.1, 0.15) is 0 Å². The number of nitrogens with one attached hydrogen (secondary N) is 1. The maximum Gasteiger partial charge on any atom is 0.0689 e. The van der Waals surface area contributed by atoms with Crippen molar-refractivity contribution in [2.45, 2.75) is 19.9 Å². The van der Waals surface area contributed by atoms with Crippen molar-refractivity contribution < 1.29 is 4.74 Å². The molecule has 0 bridgehead atoms. The van der Waals surface area contributed by atoms with Crippen molar-refractivity contribution in [3.63, 3.8) is 0 Å². The molecule has 0 saturated heterocycles. The number of thiophene rings is 1. The van der Waals surface area contributed by atoms with E-state index in [1.54, 1.807) is 0 Å². The Hall–Kier alpha value is -0.640. The topological polar surface area (TPSA) is 21.3 Å². The van der Waals surface area contributed by atoms with Crippen molar-refractivity contribution in [1.29, 1.82) is 0 Å². The lowest BCUT2D eigenvalue weighted by Crippen LogP contribution is -2.20. The van der Waals surface area contributed by atoms with E-state index in [-0.39, 0.29) is 0 Å². The second-order valence-corrected chi connectivity index (χ2v) is 4.83. The fraction of sp³-hybridized carbons (Fsp3) is 0.500. The second kappa shape index (κ2) is 5.45. The minimum atomic E-state index is 0.802. The summed E-state index contributed by atoms with van der Waals surface area (Å²) >= 11 is 1.82. The highest BCUT2D eigenvalue weighted by Gasteiger charge is 2.04. The highest BCUT2D eigenvalue weighted by molar-refractivity contribution is 7.10. The summed E-state index contributed by atoms with van der Waals surface area (Å²) < 4.78 is 5.39. The number of rotatable bonds is 4. The van der Waals surface area contributed by atoms with Gasteiger partial charge in [-0.3, -0.25) is 0 Å². The van der Waals surface area contributed by atoms with Gasteiger partial charge in [0.15, 0.2) is 0 Å². The molecule has 0 unspecified atom stereocenters. The van der Waals surface area contributed by atoms with Gasteiger partial charge in [-0.15, -0.1) is 11.3 Å². The summed E-state index contributed by atoms with van der Waals surface area (Å²) in [4.78, 5) is 1.44. The molecule has 15 heavy (non-hydrogen) atoms. The van der Waals surface area contributed by atoms with E-state index in [1.807, 2.05) is 11.3 Å². The van der Waals surface area contributed by atoms with Gasteiger partial charge < -0.3 is 10.1 Å². The molecule has 1 N–H and O–H groups in total. The van der Waals surface area contributed by atoms with Crippen LogP contribution in [0.1, 0.15) is 16.9 Å². The number of hydrogen-bond acceptors (Lipinski definition) is 3. The van der Waals surface area contributed by atoms with Gasteiger partial charge >= 0.3 is 0 Å². The van der Waals surface area contributed by atoms with E-state index >= 15 is 0 Å². The zero-order valence-electron chi connectivity index (χ0n) is 9.08. The van der Waals surface area contributed by atoms with Gasteiger partial charge in [0.25, 0.3) is 0 Å². The second-order valence-electron chi connectivity index (χ2n) is 3.83. The Kier molecular flexibility index (Phi) is 3.94. The van der Waals surface area contributed by atoms with Crippen LogP contribution in [0.15, 0.2) is 23.1 Å². The van der Waals surface area contributed by atoms with Crippen LogP contribution in [0.3, 0.4) is 0 Å². The zero-order valence-corrected chi connectivity index (χ0v) is 9.90. The van der Waals surface area contributed by atoms with Crippen molar-refractivity contribution in [1.82, 2.24) is 5.32 Å². The highest BCUT2D eigenvalue weighted by atomic mass is 32.1. The number of ether oxygens (including phenoxy) is 1. The van der Waals surface area contributed by atoms with E-state index in [1.165, 1.54) is 16.0 Å². The molecule has 1 aromatic rings. The summed E-state index contributed by atoms with van der Waals surface area (Å²) in [7, 11) is 0. The molecule has 0 radical (unpaired) electrons. The largest absolute Gasteiger partial charge is 0.377 e. The van der Waals surface area contributed by atoms with Crippen LogP contribution in [0.2, 0.25) is 0 Å². The van der Waals surface area contributed by atoms with Gasteiger partial charge in [0, 0.05) is 18.0 Å². The van der Waals surface area contributed by atoms with Crippen molar-refractivity contribution in [3.8, 4) is 0 Å². The Balaban J connectivity index is 1.75. The predicted octanol–water partition coefficient (Wildman–Crippen LogP) is 2.49. The lowest BCUT2D eigenvalue weighted by molar-refractivity contribution is 0.149. The van der Waals surface area contributed by atoms with E-state index < -0.39 is 0 Å². The Morgan fingerprint density at radius 3 is 3.07 bits per heavy atom. The smallest absolute Gasteiger partial charge is 0.0689 e. The van der Waals surface area contributed by atoms with E-state index in [0.717, 1.165) is 32.7 Å². The summed E-state index contributed by atoms with van der Waals surface area (Å²) in [6.45, 7) is 5.78. The Labute approximate surface area is 95.0 Å². The third-order valence-electron chi connectivity index (χ3n) is 2.59. The Bertz CT molecular complexity index is 343. The minimum absolute atomic E-state index is 0.802. The fourth-order valence-corrected chi connectivity index (χ4v) is 2.53. The van der Waals surface area contributed by atoms with Gasteiger partial charge in [-0.25, -0.2) is 0 Å². The average Bonchev–Trinajstić information content (AvgIpc) is 2.66. The molecule has 0 atom stereocenters. The normalized spacial score (nSPS) is 16.5. The van der Waals surface area contributed by atoms with Crippen LogP contribution in [-0.4, -0.2) is 19.8 Å². The summed E-state index contributed by atoms with van der Waals surface area (Å²) in [5.74, 6) is 0. The molecule has 1 aliphatic heterocycles. The first kappa shape index (κ1) is 10.9. The molecule has 3 heteroatoms. The van der Waals surface area contributed by atoms with Crippen LogP contribution < -0.4 is 5.32 Å². The lowest BCUT2D eigenvalue weighted by atomic mass is 10.2. The van der Waals surface area contributed by atoms with Crippen molar-refractivity contribution in [2.75, 3.05) is 19.8 Å². The van der Waals surface area contributed by atoms with Crippen LogP contribution in [0, 0.1) is 6.92 Å². The molecule has 0 amide bonds. The molecule has 82 valence electrons. The SMILES string of the molecule is Cc1ccsc1CNCC1=CCCOC1. The zero-order chi connectivity index (χ0) is 10.5. The lowest BCUT2D eigenvalue weighted by Gasteiger charge is -2.14. The minimum Gasteiger partial charge on any atom is -0.377 e. The van der Waals surface area contributed by atoms with Gasteiger partial charge in [-0.1, -0.05) is 6.08 Å². The quantitative estimate of drug-likeness (QED) is 0.792. The van der Waals surface area contributed by atoms with E-state index in [0.29, 0.717) is 0 Å².